The average molecular weight is 280 g/mol. The SMILES string of the molecule is CC(C)(CNCc1nonc1C(=N)N)N1CCCCC1. The maximum atomic E-state index is 7.39. The fourth-order valence-corrected chi connectivity index (χ4v) is 2.62. The number of nitrogens with one attached hydrogen (secondary N) is 2. The van der Waals surface area contributed by atoms with Crippen molar-refractivity contribution in [2.75, 3.05) is 19.6 Å². The molecule has 1 aliphatic rings. The van der Waals surface area contributed by atoms with Crippen molar-refractivity contribution in [2.45, 2.75) is 45.2 Å². The molecule has 1 aliphatic heterocycles. The van der Waals surface area contributed by atoms with Crippen LogP contribution in [0.4, 0.5) is 0 Å². The van der Waals surface area contributed by atoms with Gasteiger partial charge in [-0.15, -0.1) is 0 Å². The van der Waals surface area contributed by atoms with Gasteiger partial charge in [0.15, 0.2) is 5.69 Å². The number of amidine groups is 1. The highest BCUT2D eigenvalue weighted by molar-refractivity contribution is 5.93. The molecule has 0 saturated carbocycles. The summed E-state index contributed by atoms with van der Waals surface area (Å²) >= 11 is 0. The van der Waals surface area contributed by atoms with Crippen LogP contribution in [-0.4, -0.2) is 46.2 Å². The van der Waals surface area contributed by atoms with Crippen LogP contribution in [-0.2, 0) is 6.54 Å². The smallest absolute Gasteiger partial charge is 0.173 e. The summed E-state index contributed by atoms with van der Waals surface area (Å²) in [6.45, 7) is 8.18. The van der Waals surface area contributed by atoms with Gasteiger partial charge in [-0.05, 0) is 44.9 Å². The van der Waals surface area contributed by atoms with E-state index in [1.54, 1.807) is 0 Å². The zero-order valence-electron chi connectivity index (χ0n) is 12.3. The van der Waals surface area contributed by atoms with Crippen molar-refractivity contribution in [3.8, 4) is 0 Å². The molecule has 7 heteroatoms. The Bertz CT molecular complexity index is 449. The largest absolute Gasteiger partial charge is 0.382 e. The van der Waals surface area contributed by atoms with Gasteiger partial charge in [0.1, 0.15) is 11.5 Å². The Balaban J connectivity index is 1.85. The first-order valence-corrected chi connectivity index (χ1v) is 7.12. The lowest BCUT2D eigenvalue weighted by atomic mass is 9.98. The number of hydrogen-bond donors (Lipinski definition) is 3. The maximum absolute atomic E-state index is 7.39. The second kappa shape index (κ2) is 6.32. The summed E-state index contributed by atoms with van der Waals surface area (Å²) in [7, 11) is 0. The molecule has 20 heavy (non-hydrogen) atoms. The Morgan fingerprint density at radius 3 is 2.70 bits per heavy atom. The molecule has 0 aromatic carbocycles. The van der Waals surface area contributed by atoms with Crippen LogP contribution >= 0.6 is 0 Å². The fourth-order valence-electron chi connectivity index (χ4n) is 2.62. The van der Waals surface area contributed by atoms with Crippen molar-refractivity contribution < 1.29 is 4.63 Å². The van der Waals surface area contributed by atoms with Crippen LogP contribution in [0.5, 0.6) is 0 Å². The molecule has 4 N–H and O–H groups in total. The minimum atomic E-state index is -0.113. The molecule has 0 aliphatic carbocycles. The summed E-state index contributed by atoms with van der Waals surface area (Å²) in [6.07, 6.45) is 3.91. The van der Waals surface area contributed by atoms with Gasteiger partial charge in [-0.3, -0.25) is 10.3 Å². The van der Waals surface area contributed by atoms with Gasteiger partial charge in [-0.25, -0.2) is 4.63 Å². The normalized spacial score (nSPS) is 17.3. The second-order valence-corrected chi connectivity index (χ2v) is 5.94. The van der Waals surface area contributed by atoms with E-state index in [9.17, 15) is 0 Å². The van der Waals surface area contributed by atoms with Crippen molar-refractivity contribution in [1.82, 2.24) is 20.5 Å². The zero-order chi connectivity index (χ0) is 14.6. The van der Waals surface area contributed by atoms with Gasteiger partial charge in [0.05, 0.1) is 0 Å². The monoisotopic (exact) mass is 280 g/mol. The number of nitrogens with zero attached hydrogens (tertiary/aromatic N) is 3. The predicted molar refractivity (Wildman–Crippen MR) is 76.5 cm³/mol. The molecule has 112 valence electrons. The summed E-state index contributed by atoms with van der Waals surface area (Å²) in [6, 6.07) is 0. The summed E-state index contributed by atoms with van der Waals surface area (Å²) < 4.78 is 4.63. The molecule has 1 aromatic heterocycles. The molecule has 0 radical (unpaired) electrons. The van der Waals surface area contributed by atoms with Crippen LogP contribution in [0.2, 0.25) is 0 Å². The van der Waals surface area contributed by atoms with Crippen LogP contribution < -0.4 is 11.1 Å². The molecular formula is C13H24N6O. The van der Waals surface area contributed by atoms with Crippen LogP contribution in [0.1, 0.15) is 44.5 Å². The van der Waals surface area contributed by atoms with Gasteiger partial charge in [-0.1, -0.05) is 11.6 Å². The molecule has 0 atom stereocenters. The van der Waals surface area contributed by atoms with Gasteiger partial charge >= 0.3 is 0 Å². The molecule has 2 heterocycles. The highest BCUT2D eigenvalue weighted by atomic mass is 16.6. The Kier molecular flexibility index (Phi) is 4.72. The molecule has 1 fully saturated rings. The van der Waals surface area contributed by atoms with E-state index >= 15 is 0 Å². The quantitative estimate of drug-likeness (QED) is 0.523. The Hall–Kier alpha value is -1.47. The van der Waals surface area contributed by atoms with Crippen LogP contribution in [0.25, 0.3) is 0 Å². The van der Waals surface area contributed by atoms with E-state index in [2.05, 4.69) is 39.0 Å². The standard InChI is InChI=1S/C13H24N6O/c1-13(2,19-6-4-3-5-7-19)9-16-8-10-11(12(14)15)18-20-17-10/h16H,3-9H2,1-2H3,(H3,14,15). The molecular weight excluding hydrogens is 256 g/mol. The topological polar surface area (TPSA) is 104 Å². The molecule has 1 aromatic rings. The third-order valence-corrected chi connectivity index (χ3v) is 3.87. The highest BCUT2D eigenvalue weighted by Crippen LogP contribution is 2.19. The van der Waals surface area contributed by atoms with Crippen molar-refractivity contribution in [3.05, 3.63) is 11.4 Å². The minimum Gasteiger partial charge on any atom is -0.382 e. The first kappa shape index (κ1) is 14.9. The molecule has 1 saturated heterocycles. The lowest BCUT2D eigenvalue weighted by molar-refractivity contribution is 0.0940. The fraction of sp³-hybridized carbons (Fsp3) is 0.769. The minimum absolute atomic E-state index is 0.105. The van der Waals surface area contributed by atoms with E-state index in [1.807, 2.05) is 0 Å². The highest BCUT2D eigenvalue weighted by Gasteiger charge is 2.27. The molecule has 2 rings (SSSR count). The molecule has 0 spiro atoms. The van der Waals surface area contributed by atoms with Gasteiger partial charge in [0.2, 0.25) is 0 Å². The van der Waals surface area contributed by atoms with Crippen molar-refractivity contribution in [3.63, 3.8) is 0 Å². The van der Waals surface area contributed by atoms with E-state index in [0.29, 0.717) is 17.9 Å². The van der Waals surface area contributed by atoms with E-state index < -0.39 is 0 Å². The summed E-state index contributed by atoms with van der Waals surface area (Å²) in [5.74, 6) is -0.113. The lowest BCUT2D eigenvalue weighted by Crippen LogP contribution is -2.52. The van der Waals surface area contributed by atoms with E-state index in [1.165, 1.54) is 32.4 Å². The molecule has 0 amide bonds. The summed E-state index contributed by atoms with van der Waals surface area (Å²) in [5, 5.41) is 18.2. The van der Waals surface area contributed by atoms with E-state index in [-0.39, 0.29) is 11.4 Å². The predicted octanol–water partition coefficient (Wildman–Crippen LogP) is 0.708. The number of likely N-dealkylation sites (tertiary alicyclic amines) is 1. The maximum Gasteiger partial charge on any atom is 0.173 e. The summed E-state index contributed by atoms with van der Waals surface area (Å²) in [5.41, 5.74) is 6.44. The van der Waals surface area contributed by atoms with Gasteiger partial charge in [-0.2, -0.15) is 0 Å². The Labute approximate surface area is 119 Å². The number of hydrogen-bond acceptors (Lipinski definition) is 6. The number of piperidine rings is 1. The number of nitrogens with two attached hydrogens (primary N) is 1. The third-order valence-electron chi connectivity index (χ3n) is 3.87. The number of rotatable bonds is 6. The lowest BCUT2D eigenvalue weighted by Gasteiger charge is -2.41. The number of aromatic nitrogens is 2. The molecule has 0 unspecified atom stereocenters. The van der Waals surface area contributed by atoms with Crippen LogP contribution in [0.3, 0.4) is 0 Å². The number of nitrogen functional groups attached to an aromatic ring is 1. The van der Waals surface area contributed by atoms with Crippen molar-refractivity contribution in [2.24, 2.45) is 5.73 Å². The summed E-state index contributed by atoms with van der Waals surface area (Å²) in [4.78, 5) is 2.52. The zero-order valence-corrected chi connectivity index (χ0v) is 12.3. The Morgan fingerprint density at radius 2 is 2.05 bits per heavy atom. The van der Waals surface area contributed by atoms with E-state index in [0.717, 1.165) is 6.54 Å². The van der Waals surface area contributed by atoms with Gasteiger partial charge < -0.3 is 11.1 Å². The molecule has 0 bridgehead atoms. The first-order chi connectivity index (χ1) is 9.50. The van der Waals surface area contributed by atoms with Gasteiger partial charge in [0, 0.05) is 18.6 Å². The van der Waals surface area contributed by atoms with Crippen LogP contribution in [0.15, 0.2) is 4.63 Å². The van der Waals surface area contributed by atoms with Gasteiger partial charge in [0.25, 0.3) is 0 Å². The van der Waals surface area contributed by atoms with Crippen molar-refractivity contribution >= 4 is 5.84 Å². The first-order valence-electron chi connectivity index (χ1n) is 7.12. The van der Waals surface area contributed by atoms with E-state index in [4.69, 9.17) is 11.1 Å². The Morgan fingerprint density at radius 1 is 1.35 bits per heavy atom. The van der Waals surface area contributed by atoms with Crippen molar-refractivity contribution in [1.29, 1.82) is 5.41 Å². The van der Waals surface area contributed by atoms with Crippen LogP contribution in [0, 0.1) is 5.41 Å². The third kappa shape index (κ3) is 3.55. The molecule has 7 nitrogen and oxygen atoms in total. The second-order valence-electron chi connectivity index (χ2n) is 5.94. The average Bonchev–Trinajstić information content (AvgIpc) is 2.88.